The number of nitrogens with one attached hydrogen (secondary N) is 1. The minimum atomic E-state index is -0.127. The standard InChI is InChI=1S/C26H26ClNO2.CO2/c1-2-3-15-30-25-14-13-21(27)16-23(25)26(29)28-24-17-22(24)20-11-9-19(10-12-20)18-7-5-4-6-8-18;2-1-3/h4-14,16,22,24H,2-3,15,17H2,1H3,(H,28,29);/t22-,24+;/m1./s1. The topological polar surface area (TPSA) is 72.5 Å². The molecule has 0 radical (unpaired) electrons. The number of rotatable bonds is 8. The molecule has 1 N–H and O–H groups in total. The molecule has 170 valence electrons. The lowest BCUT2D eigenvalue weighted by Crippen LogP contribution is -2.27. The summed E-state index contributed by atoms with van der Waals surface area (Å²) in [5.74, 6) is 0.814. The van der Waals surface area contributed by atoms with Gasteiger partial charge >= 0.3 is 6.15 Å². The number of hydrogen-bond donors (Lipinski definition) is 1. The summed E-state index contributed by atoms with van der Waals surface area (Å²) in [5.41, 5.74) is 4.17. The molecule has 0 bridgehead atoms. The minimum absolute atomic E-state index is 0.127. The van der Waals surface area contributed by atoms with E-state index in [0.717, 1.165) is 19.3 Å². The second-order valence-electron chi connectivity index (χ2n) is 7.84. The lowest BCUT2D eigenvalue weighted by Gasteiger charge is -2.12. The molecule has 33 heavy (non-hydrogen) atoms. The van der Waals surface area contributed by atoms with Crippen molar-refractivity contribution in [1.29, 1.82) is 0 Å². The van der Waals surface area contributed by atoms with E-state index in [1.807, 2.05) is 18.2 Å². The van der Waals surface area contributed by atoms with Crippen LogP contribution < -0.4 is 10.1 Å². The van der Waals surface area contributed by atoms with Crippen LogP contribution in [0, 0.1) is 0 Å². The van der Waals surface area contributed by atoms with Crippen LogP contribution in [0.25, 0.3) is 11.1 Å². The highest BCUT2D eigenvalue weighted by Gasteiger charge is 2.39. The largest absolute Gasteiger partial charge is 0.493 e. The van der Waals surface area contributed by atoms with Gasteiger partial charge in [-0.1, -0.05) is 79.5 Å². The molecule has 3 aromatic rings. The molecule has 5 nitrogen and oxygen atoms in total. The van der Waals surface area contributed by atoms with Crippen molar-refractivity contribution in [3.05, 3.63) is 88.9 Å². The first-order valence-corrected chi connectivity index (χ1v) is 11.3. The Kier molecular flexibility index (Phi) is 8.82. The lowest BCUT2D eigenvalue weighted by molar-refractivity contribution is -0.191. The molecule has 1 saturated carbocycles. The van der Waals surface area contributed by atoms with Crippen LogP contribution in [0.15, 0.2) is 72.8 Å². The van der Waals surface area contributed by atoms with Gasteiger partial charge in [-0.25, -0.2) is 0 Å². The van der Waals surface area contributed by atoms with Crippen molar-refractivity contribution < 1.29 is 19.1 Å². The second kappa shape index (κ2) is 12.0. The predicted octanol–water partition coefficient (Wildman–Crippen LogP) is 5.89. The highest BCUT2D eigenvalue weighted by molar-refractivity contribution is 6.31. The Morgan fingerprint density at radius 3 is 2.36 bits per heavy atom. The molecule has 1 aliphatic rings. The van der Waals surface area contributed by atoms with Gasteiger partial charge in [0.05, 0.1) is 12.2 Å². The van der Waals surface area contributed by atoms with E-state index in [1.54, 1.807) is 18.2 Å². The van der Waals surface area contributed by atoms with Gasteiger partial charge < -0.3 is 10.1 Å². The zero-order valence-electron chi connectivity index (χ0n) is 18.4. The SMILES string of the molecule is CCCCOc1ccc(Cl)cc1C(=O)N[C@H]1C[C@@H]1c1ccc(-c2ccccc2)cc1.O=C=O. The monoisotopic (exact) mass is 463 g/mol. The fraction of sp³-hybridized carbons (Fsp3) is 0.259. The van der Waals surface area contributed by atoms with E-state index in [0.29, 0.717) is 28.9 Å². The number of unbranched alkanes of at least 4 members (excludes halogenated alkanes) is 1. The summed E-state index contributed by atoms with van der Waals surface area (Å²) < 4.78 is 5.80. The molecule has 2 atom stereocenters. The molecule has 0 heterocycles. The van der Waals surface area contributed by atoms with E-state index in [2.05, 4.69) is 48.6 Å². The zero-order chi connectivity index (χ0) is 23.6. The molecule has 6 heteroatoms. The fourth-order valence-electron chi connectivity index (χ4n) is 3.65. The average Bonchev–Trinajstić information content (AvgIpc) is 3.60. The molecule has 1 amide bonds. The highest BCUT2D eigenvalue weighted by atomic mass is 35.5. The Morgan fingerprint density at radius 2 is 1.70 bits per heavy atom. The highest BCUT2D eigenvalue weighted by Crippen LogP contribution is 2.41. The maximum absolute atomic E-state index is 12.9. The third-order valence-electron chi connectivity index (χ3n) is 5.49. The number of carbonyl (C=O) groups is 1. The van der Waals surface area contributed by atoms with Crippen LogP contribution in [0.4, 0.5) is 0 Å². The first-order valence-electron chi connectivity index (χ1n) is 10.9. The Labute approximate surface area is 198 Å². The van der Waals surface area contributed by atoms with Crippen molar-refractivity contribution in [3.63, 3.8) is 0 Å². The Balaban J connectivity index is 0.000000968. The smallest absolute Gasteiger partial charge is 0.373 e. The van der Waals surface area contributed by atoms with E-state index in [9.17, 15) is 4.79 Å². The third-order valence-corrected chi connectivity index (χ3v) is 5.73. The maximum Gasteiger partial charge on any atom is 0.373 e. The molecule has 0 aliphatic heterocycles. The van der Waals surface area contributed by atoms with Crippen molar-refractivity contribution in [2.45, 2.75) is 38.1 Å². The second-order valence-corrected chi connectivity index (χ2v) is 8.27. The van der Waals surface area contributed by atoms with Gasteiger partial charge in [-0.2, -0.15) is 9.59 Å². The molecule has 0 unspecified atom stereocenters. The third kappa shape index (κ3) is 6.79. The van der Waals surface area contributed by atoms with E-state index in [1.165, 1.54) is 16.7 Å². The summed E-state index contributed by atoms with van der Waals surface area (Å²) in [6.07, 6.45) is 3.19. The van der Waals surface area contributed by atoms with E-state index in [-0.39, 0.29) is 18.1 Å². The molecule has 0 saturated heterocycles. The van der Waals surface area contributed by atoms with Crippen LogP contribution in [0.3, 0.4) is 0 Å². The zero-order valence-corrected chi connectivity index (χ0v) is 19.2. The number of benzene rings is 3. The first-order chi connectivity index (χ1) is 16.1. The molecular formula is C27H26ClNO4. The Hall–Kier alpha value is -3.40. The van der Waals surface area contributed by atoms with Gasteiger partial charge in [-0.3, -0.25) is 4.79 Å². The van der Waals surface area contributed by atoms with Gasteiger partial charge in [0.2, 0.25) is 0 Å². The van der Waals surface area contributed by atoms with Crippen LogP contribution in [0.5, 0.6) is 5.75 Å². The quantitative estimate of drug-likeness (QED) is 0.423. The van der Waals surface area contributed by atoms with Crippen molar-refractivity contribution in [2.75, 3.05) is 6.61 Å². The first kappa shape index (κ1) is 24.2. The summed E-state index contributed by atoms with van der Waals surface area (Å²) in [4.78, 5) is 29.1. The lowest BCUT2D eigenvalue weighted by atomic mass is 10.0. The van der Waals surface area contributed by atoms with E-state index >= 15 is 0 Å². The Morgan fingerprint density at radius 1 is 1.03 bits per heavy atom. The van der Waals surface area contributed by atoms with Gasteiger partial charge in [0.1, 0.15) is 5.75 Å². The summed E-state index contributed by atoms with van der Waals surface area (Å²) in [6.45, 7) is 2.71. The van der Waals surface area contributed by atoms with E-state index in [4.69, 9.17) is 25.9 Å². The average molecular weight is 464 g/mol. The van der Waals surface area contributed by atoms with Crippen molar-refractivity contribution in [1.82, 2.24) is 5.32 Å². The molecule has 4 rings (SSSR count). The van der Waals surface area contributed by atoms with Crippen molar-refractivity contribution in [3.8, 4) is 16.9 Å². The van der Waals surface area contributed by atoms with Crippen LogP contribution >= 0.6 is 11.6 Å². The van der Waals surface area contributed by atoms with Gasteiger partial charge in [0.15, 0.2) is 0 Å². The Bertz CT molecular complexity index is 1090. The van der Waals surface area contributed by atoms with Gasteiger partial charge in [0.25, 0.3) is 5.91 Å². The normalized spacial score (nSPS) is 16.1. The van der Waals surface area contributed by atoms with Crippen LogP contribution in [-0.2, 0) is 9.59 Å². The predicted molar refractivity (Wildman–Crippen MR) is 127 cm³/mol. The number of amides is 1. The summed E-state index contributed by atoms with van der Waals surface area (Å²) >= 11 is 6.13. The number of hydrogen-bond acceptors (Lipinski definition) is 4. The van der Waals surface area contributed by atoms with Crippen LogP contribution in [0.2, 0.25) is 5.02 Å². The molecule has 0 aromatic heterocycles. The van der Waals surface area contributed by atoms with Gasteiger partial charge in [-0.15, -0.1) is 0 Å². The number of ether oxygens (including phenoxy) is 1. The molecule has 1 fully saturated rings. The molecular weight excluding hydrogens is 438 g/mol. The van der Waals surface area contributed by atoms with Crippen LogP contribution in [-0.4, -0.2) is 24.7 Å². The van der Waals surface area contributed by atoms with E-state index < -0.39 is 0 Å². The van der Waals surface area contributed by atoms with Gasteiger partial charge in [-0.05, 0) is 47.7 Å². The number of carbonyl (C=O) groups excluding carboxylic acids is 3. The summed E-state index contributed by atoms with van der Waals surface area (Å²) in [6, 6.07) is 24.3. The maximum atomic E-state index is 12.9. The molecule has 3 aromatic carbocycles. The summed E-state index contributed by atoms with van der Waals surface area (Å²) in [5, 5.41) is 3.68. The fourth-order valence-corrected chi connectivity index (χ4v) is 3.83. The van der Waals surface area contributed by atoms with Crippen LogP contribution in [0.1, 0.15) is 48.0 Å². The van der Waals surface area contributed by atoms with Crippen molar-refractivity contribution in [2.24, 2.45) is 0 Å². The minimum Gasteiger partial charge on any atom is -0.493 e. The summed E-state index contributed by atoms with van der Waals surface area (Å²) in [7, 11) is 0. The van der Waals surface area contributed by atoms with Crippen molar-refractivity contribution >= 4 is 23.7 Å². The molecule has 0 spiro atoms. The molecule has 1 aliphatic carbocycles. The number of halogens is 1. The van der Waals surface area contributed by atoms with Gasteiger partial charge in [0, 0.05) is 17.0 Å².